The Morgan fingerprint density at radius 3 is 2.15 bits per heavy atom. The van der Waals surface area contributed by atoms with Crippen LogP contribution >= 0.6 is 11.6 Å². The van der Waals surface area contributed by atoms with Crippen LogP contribution in [0.4, 0.5) is 0 Å². The number of amides is 3. The minimum absolute atomic E-state index is 0.0505. The van der Waals surface area contributed by atoms with E-state index in [-0.39, 0.29) is 23.6 Å². The molecule has 0 N–H and O–H groups in total. The molecule has 2 heterocycles. The third-order valence-electron chi connectivity index (χ3n) is 5.19. The highest BCUT2D eigenvalue weighted by atomic mass is 35.5. The first kappa shape index (κ1) is 18.7. The van der Waals surface area contributed by atoms with Crippen LogP contribution in [0.2, 0.25) is 5.02 Å². The first-order valence-electron chi connectivity index (χ1n) is 9.05. The Bertz CT molecular complexity index is 684. The van der Waals surface area contributed by atoms with E-state index in [1.807, 2.05) is 4.90 Å². The van der Waals surface area contributed by atoms with Crippen LogP contribution in [0.5, 0.6) is 0 Å². The monoisotopic (exact) mass is 377 g/mol. The van der Waals surface area contributed by atoms with Crippen molar-refractivity contribution in [1.82, 2.24) is 14.7 Å². The molecule has 3 amide bonds. The average molecular weight is 378 g/mol. The van der Waals surface area contributed by atoms with Crippen molar-refractivity contribution < 1.29 is 14.4 Å². The Hall–Kier alpha value is -2.08. The van der Waals surface area contributed by atoms with Gasteiger partial charge in [-0.15, -0.1) is 0 Å². The summed E-state index contributed by atoms with van der Waals surface area (Å²) in [6.07, 6.45) is 1.62. The van der Waals surface area contributed by atoms with E-state index in [0.29, 0.717) is 49.9 Å². The number of benzene rings is 1. The number of hydrogen-bond acceptors (Lipinski definition) is 3. The summed E-state index contributed by atoms with van der Waals surface area (Å²) in [5.41, 5.74) is 0.595. The molecular weight excluding hydrogens is 354 g/mol. The van der Waals surface area contributed by atoms with Crippen LogP contribution in [0.25, 0.3) is 0 Å². The predicted octanol–water partition coefficient (Wildman–Crippen LogP) is 1.88. The van der Waals surface area contributed by atoms with Crippen LogP contribution in [0.3, 0.4) is 0 Å². The summed E-state index contributed by atoms with van der Waals surface area (Å²) in [5.74, 6) is -0.0687. The lowest BCUT2D eigenvalue weighted by molar-refractivity contribution is -0.142. The third kappa shape index (κ3) is 4.18. The zero-order valence-corrected chi connectivity index (χ0v) is 15.7. The smallest absolute Gasteiger partial charge is 0.253 e. The molecule has 0 bridgehead atoms. The van der Waals surface area contributed by atoms with Gasteiger partial charge in [0.05, 0.1) is 5.92 Å². The number of rotatable bonds is 2. The first-order chi connectivity index (χ1) is 12.5. The lowest BCUT2D eigenvalue weighted by atomic mass is 9.95. The summed E-state index contributed by atoms with van der Waals surface area (Å²) >= 11 is 5.88. The van der Waals surface area contributed by atoms with E-state index in [0.717, 1.165) is 12.8 Å². The van der Waals surface area contributed by atoms with Crippen LogP contribution in [0.1, 0.15) is 30.1 Å². The lowest BCUT2D eigenvalue weighted by Crippen LogP contribution is -2.53. The molecule has 26 heavy (non-hydrogen) atoms. The predicted molar refractivity (Wildman–Crippen MR) is 98.9 cm³/mol. The topological polar surface area (TPSA) is 60.9 Å². The first-order valence-corrected chi connectivity index (χ1v) is 9.42. The molecule has 2 saturated heterocycles. The summed E-state index contributed by atoms with van der Waals surface area (Å²) in [6.45, 7) is 4.98. The molecular formula is C19H24ClN3O3. The van der Waals surface area contributed by atoms with Crippen molar-refractivity contribution in [2.75, 3.05) is 39.3 Å². The van der Waals surface area contributed by atoms with Gasteiger partial charge < -0.3 is 14.7 Å². The molecule has 0 radical (unpaired) electrons. The van der Waals surface area contributed by atoms with Gasteiger partial charge in [0.2, 0.25) is 11.8 Å². The third-order valence-corrected chi connectivity index (χ3v) is 5.44. The lowest BCUT2D eigenvalue weighted by Gasteiger charge is -2.38. The van der Waals surface area contributed by atoms with Crippen molar-refractivity contribution >= 4 is 29.3 Å². The highest BCUT2D eigenvalue weighted by Crippen LogP contribution is 2.22. The van der Waals surface area contributed by atoms with Crippen LogP contribution in [0.15, 0.2) is 24.3 Å². The number of halogens is 1. The van der Waals surface area contributed by atoms with Crippen LogP contribution in [0, 0.1) is 5.92 Å². The van der Waals surface area contributed by atoms with Gasteiger partial charge in [-0.05, 0) is 37.1 Å². The molecule has 7 heteroatoms. The number of likely N-dealkylation sites (tertiary alicyclic amines) is 1. The molecule has 2 fully saturated rings. The molecule has 2 aliphatic heterocycles. The molecule has 3 rings (SSSR count). The maximum atomic E-state index is 12.8. The van der Waals surface area contributed by atoms with Crippen molar-refractivity contribution in [2.24, 2.45) is 5.92 Å². The van der Waals surface area contributed by atoms with E-state index >= 15 is 0 Å². The fourth-order valence-electron chi connectivity index (χ4n) is 3.64. The molecule has 0 aliphatic carbocycles. The number of piperazine rings is 1. The van der Waals surface area contributed by atoms with Gasteiger partial charge >= 0.3 is 0 Å². The maximum absolute atomic E-state index is 12.8. The van der Waals surface area contributed by atoms with E-state index in [1.165, 1.54) is 0 Å². The van der Waals surface area contributed by atoms with E-state index in [1.54, 1.807) is 41.0 Å². The molecule has 1 unspecified atom stereocenters. The van der Waals surface area contributed by atoms with Gasteiger partial charge in [0.15, 0.2) is 0 Å². The molecule has 140 valence electrons. The van der Waals surface area contributed by atoms with Gasteiger partial charge in [0.25, 0.3) is 5.91 Å². The maximum Gasteiger partial charge on any atom is 0.253 e. The van der Waals surface area contributed by atoms with E-state index in [9.17, 15) is 14.4 Å². The molecule has 0 saturated carbocycles. The Morgan fingerprint density at radius 2 is 1.54 bits per heavy atom. The van der Waals surface area contributed by atoms with E-state index < -0.39 is 0 Å². The van der Waals surface area contributed by atoms with Crippen LogP contribution in [-0.4, -0.2) is 71.7 Å². The Kier molecular flexibility index (Phi) is 5.81. The highest BCUT2D eigenvalue weighted by Gasteiger charge is 2.33. The highest BCUT2D eigenvalue weighted by molar-refractivity contribution is 6.30. The summed E-state index contributed by atoms with van der Waals surface area (Å²) in [5, 5.41) is 0.595. The van der Waals surface area contributed by atoms with Gasteiger partial charge in [0.1, 0.15) is 0 Å². The van der Waals surface area contributed by atoms with Gasteiger partial charge in [-0.2, -0.15) is 0 Å². The average Bonchev–Trinajstić information content (AvgIpc) is 2.67. The fraction of sp³-hybridized carbons (Fsp3) is 0.526. The van der Waals surface area contributed by atoms with E-state index in [4.69, 9.17) is 11.6 Å². The van der Waals surface area contributed by atoms with Crippen LogP contribution < -0.4 is 0 Å². The normalized spacial score (nSPS) is 20.8. The molecule has 6 nitrogen and oxygen atoms in total. The second kappa shape index (κ2) is 8.08. The summed E-state index contributed by atoms with van der Waals surface area (Å²) < 4.78 is 0. The largest absolute Gasteiger partial charge is 0.339 e. The molecule has 1 aromatic carbocycles. The SMILES string of the molecule is CC(=O)N1CCN(C(=O)C2CCCN(C(=O)c3ccc(Cl)cc3)C2)CC1. The van der Waals surface area contributed by atoms with Gasteiger partial charge in [-0.3, -0.25) is 14.4 Å². The van der Waals surface area contributed by atoms with E-state index in [2.05, 4.69) is 0 Å². The molecule has 0 aromatic heterocycles. The Morgan fingerprint density at radius 1 is 0.923 bits per heavy atom. The van der Waals surface area contributed by atoms with Crippen molar-refractivity contribution in [3.63, 3.8) is 0 Å². The standard InChI is InChI=1S/C19H24ClN3O3/c1-14(24)21-9-11-22(12-10-21)19(26)16-3-2-8-23(13-16)18(25)15-4-6-17(20)7-5-15/h4-7,16H,2-3,8-13H2,1H3. The number of carbonyl (C=O) groups is 3. The fourth-order valence-corrected chi connectivity index (χ4v) is 3.76. The quantitative estimate of drug-likeness (QED) is 0.790. The van der Waals surface area contributed by atoms with Gasteiger partial charge in [-0.1, -0.05) is 11.6 Å². The number of nitrogens with zero attached hydrogens (tertiary/aromatic N) is 3. The molecule has 1 atom stereocenters. The van der Waals surface area contributed by atoms with Crippen molar-refractivity contribution in [1.29, 1.82) is 0 Å². The number of piperidine rings is 1. The molecule has 0 spiro atoms. The van der Waals surface area contributed by atoms with Crippen LogP contribution in [-0.2, 0) is 9.59 Å². The summed E-state index contributed by atoms with van der Waals surface area (Å²) in [7, 11) is 0. The van der Waals surface area contributed by atoms with Gasteiger partial charge in [-0.25, -0.2) is 0 Å². The van der Waals surface area contributed by atoms with Crippen molar-refractivity contribution in [3.05, 3.63) is 34.9 Å². The second-order valence-corrected chi connectivity index (χ2v) is 7.37. The summed E-state index contributed by atoms with van der Waals surface area (Å²) in [6, 6.07) is 6.85. The van der Waals surface area contributed by atoms with Crippen molar-refractivity contribution in [2.45, 2.75) is 19.8 Å². The zero-order chi connectivity index (χ0) is 18.7. The Balaban J connectivity index is 1.59. The number of carbonyl (C=O) groups excluding carboxylic acids is 3. The minimum atomic E-state index is -0.163. The summed E-state index contributed by atoms with van der Waals surface area (Å²) in [4.78, 5) is 42.3. The van der Waals surface area contributed by atoms with Gasteiger partial charge in [0, 0.05) is 56.8 Å². The number of hydrogen-bond donors (Lipinski definition) is 0. The minimum Gasteiger partial charge on any atom is -0.339 e. The van der Waals surface area contributed by atoms with Crippen molar-refractivity contribution in [3.8, 4) is 0 Å². The molecule has 1 aromatic rings. The second-order valence-electron chi connectivity index (χ2n) is 6.93. The Labute approximate surface area is 158 Å². The zero-order valence-electron chi connectivity index (χ0n) is 15.0. The molecule has 2 aliphatic rings.